The number of rotatable bonds is 4. The molecule has 0 spiro atoms. The van der Waals surface area contributed by atoms with Crippen molar-refractivity contribution >= 4 is 15.9 Å². The van der Waals surface area contributed by atoms with Crippen molar-refractivity contribution in [2.45, 2.75) is 24.2 Å². The van der Waals surface area contributed by atoms with Crippen LogP contribution < -0.4 is 0 Å². The summed E-state index contributed by atoms with van der Waals surface area (Å²) < 4.78 is 53.8. The first kappa shape index (κ1) is 20.4. The Hall–Kier alpha value is -2.32. The van der Waals surface area contributed by atoms with E-state index in [2.05, 4.69) is 0 Å². The fourth-order valence-electron chi connectivity index (χ4n) is 3.32. The van der Waals surface area contributed by atoms with Gasteiger partial charge in [0.15, 0.2) is 0 Å². The number of carbonyl (C=O) groups excluding carboxylic acids is 1. The van der Waals surface area contributed by atoms with E-state index in [9.17, 15) is 22.0 Å². The summed E-state index contributed by atoms with van der Waals surface area (Å²) in [6.45, 7) is 4.08. The molecular formula is C20H22F2N2O3S. The predicted octanol–water partition coefficient (Wildman–Crippen LogP) is 2.78. The van der Waals surface area contributed by atoms with Gasteiger partial charge in [-0.2, -0.15) is 4.31 Å². The van der Waals surface area contributed by atoms with Crippen molar-refractivity contribution in [3.8, 4) is 0 Å². The second-order valence-corrected chi connectivity index (χ2v) is 9.17. The van der Waals surface area contributed by atoms with Crippen LogP contribution in [0.1, 0.15) is 19.4 Å². The minimum absolute atomic E-state index is 0.0227. The molecule has 2 aromatic carbocycles. The summed E-state index contributed by atoms with van der Waals surface area (Å²) in [4.78, 5) is 13.9. The molecule has 1 heterocycles. The largest absolute Gasteiger partial charge is 0.339 e. The molecule has 0 aliphatic carbocycles. The van der Waals surface area contributed by atoms with Crippen LogP contribution in [0.5, 0.6) is 0 Å². The van der Waals surface area contributed by atoms with Crippen molar-refractivity contribution in [3.63, 3.8) is 0 Å². The maximum Gasteiger partial charge on any atom is 0.246 e. The van der Waals surface area contributed by atoms with Gasteiger partial charge in [0.05, 0.1) is 5.41 Å². The maximum absolute atomic E-state index is 13.9. The molecule has 0 atom stereocenters. The highest BCUT2D eigenvalue weighted by Crippen LogP contribution is 2.27. The molecule has 5 nitrogen and oxygen atoms in total. The van der Waals surface area contributed by atoms with E-state index in [0.29, 0.717) is 6.07 Å². The van der Waals surface area contributed by atoms with Crippen molar-refractivity contribution in [3.05, 3.63) is 65.7 Å². The first-order valence-corrected chi connectivity index (χ1v) is 10.4. The summed E-state index contributed by atoms with van der Waals surface area (Å²) >= 11 is 0. The Labute approximate surface area is 163 Å². The van der Waals surface area contributed by atoms with Gasteiger partial charge in [0.2, 0.25) is 15.9 Å². The number of nitrogens with zero attached hydrogens (tertiary/aromatic N) is 2. The van der Waals surface area contributed by atoms with Crippen molar-refractivity contribution in [2.75, 3.05) is 26.2 Å². The van der Waals surface area contributed by atoms with Gasteiger partial charge in [0.1, 0.15) is 16.5 Å². The third-order valence-corrected chi connectivity index (χ3v) is 6.98. The molecule has 2 aromatic rings. The quantitative estimate of drug-likeness (QED) is 0.782. The average Bonchev–Trinajstić information content (AvgIpc) is 2.70. The van der Waals surface area contributed by atoms with E-state index in [-0.39, 0.29) is 32.1 Å². The van der Waals surface area contributed by atoms with Crippen LogP contribution >= 0.6 is 0 Å². The highest BCUT2D eigenvalue weighted by molar-refractivity contribution is 7.89. The second-order valence-electron chi connectivity index (χ2n) is 7.26. The summed E-state index contributed by atoms with van der Waals surface area (Å²) in [6, 6.07) is 11.7. The molecule has 1 fully saturated rings. The van der Waals surface area contributed by atoms with Gasteiger partial charge in [-0.3, -0.25) is 4.79 Å². The lowest BCUT2D eigenvalue weighted by molar-refractivity contribution is -0.137. The van der Waals surface area contributed by atoms with Gasteiger partial charge in [-0.25, -0.2) is 17.2 Å². The smallest absolute Gasteiger partial charge is 0.246 e. The van der Waals surface area contributed by atoms with Crippen molar-refractivity contribution in [1.82, 2.24) is 9.21 Å². The van der Waals surface area contributed by atoms with Crippen LogP contribution in [0.4, 0.5) is 8.78 Å². The van der Waals surface area contributed by atoms with Crippen LogP contribution in [0.2, 0.25) is 0 Å². The molecule has 0 bridgehead atoms. The van der Waals surface area contributed by atoms with Crippen LogP contribution in [0, 0.1) is 11.6 Å². The van der Waals surface area contributed by atoms with E-state index in [4.69, 9.17) is 0 Å². The lowest BCUT2D eigenvalue weighted by atomic mass is 9.83. The third-order valence-electron chi connectivity index (χ3n) is 5.07. The maximum atomic E-state index is 13.9. The highest BCUT2D eigenvalue weighted by atomic mass is 32.2. The van der Waals surface area contributed by atoms with Gasteiger partial charge in [-0.15, -0.1) is 0 Å². The molecule has 3 rings (SSSR count). The molecule has 0 N–H and O–H groups in total. The predicted molar refractivity (Wildman–Crippen MR) is 101 cm³/mol. The molecule has 0 saturated carbocycles. The molecule has 1 aliphatic rings. The van der Waals surface area contributed by atoms with Crippen LogP contribution in [0.3, 0.4) is 0 Å². The van der Waals surface area contributed by atoms with Crippen molar-refractivity contribution in [2.24, 2.45) is 0 Å². The molecule has 8 heteroatoms. The van der Waals surface area contributed by atoms with Gasteiger partial charge in [-0.05, 0) is 37.6 Å². The lowest BCUT2D eigenvalue weighted by Crippen LogP contribution is -2.54. The van der Waals surface area contributed by atoms with E-state index in [1.165, 1.54) is 0 Å². The Morgan fingerprint density at radius 3 is 2.18 bits per heavy atom. The van der Waals surface area contributed by atoms with E-state index in [1.54, 1.807) is 4.90 Å². The molecule has 150 valence electrons. The molecule has 28 heavy (non-hydrogen) atoms. The van der Waals surface area contributed by atoms with E-state index in [1.807, 2.05) is 44.2 Å². The lowest BCUT2D eigenvalue weighted by Gasteiger charge is -2.38. The Morgan fingerprint density at radius 2 is 1.57 bits per heavy atom. The van der Waals surface area contributed by atoms with Crippen LogP contribution in [-0.4, -0.2) is 49.7 Å². The summed E-state index contributed by atoms with van der Waals surface area (Å²) in [7, 11) is -4.17. The Balaban J connectivity index is 1.74. The first-order chi connectivity index (χ1) is 13.1. The number of hydrogen-bond acceptors (Lipinski definition) is 3. The Bertz CT molecular complexity index is 970. The van der Waals surface area contributed by atoms with E-state index in [0.717, 1.165) is 22.0 Å². The minimum atomic E-state index is -4.17. The number of carbonyl (C=O) groups is 1. The first-order valence-electron chi connectivity index (χ1n) is 8.94. The Morgan fingerprint density at radius 1 is 0.964 bits per heavy atom. The molecule has 0 radical (unpaired) electrons. The monoisotopic (exact) mass is 408 g/mol. The average molecular weight is 408 g/mol. The number of hydrogen-bond donors (Lipinski definition) is 0. The molecular weight excluding hydrogens is 386 g/mol. The van der Waals surface area contributed by atoms with Crippen LogP contribution in [-0.2, 0) is 20.2 Å². The number of piperazine rings is 1. The summed E-state index contributed by atoms with van der Waals surface area (Å²) in [5.41, 5.74) is 0.119. The number of sulfonamides is 1. The zero-order chi connectivity index (χ0) is 20.5. The molecule has 0 unspecified atom stereocenters. The number of halogens is 2. The number of amides is 1. The molecule has 1 aliphatic heterocycles. The van der Waals surface area contributed by atoms with Gasteiger partial charge in [0, 0.05) is 26.2 Å². The van der Waals surface area contributed by atoms with Gasteiger partial charge < -0.3 is 4.90 Å². The summed E-state index contributed by atoms with van der Waals surface area (Å²) in [6.07, 6.45) is 0. The third kappa shape index (κ3) is 3.79. The van der Waals surface area contributed by atoms with E-state index >= 15 is 0 Å². The fourth-order valence-corrected chi connectivity index (χ4v) is 4.82. The van der Waals surface area contributed by atoms with Crippen LogP contribution in [0.15, 0.2) is 53.4 Å². The molecule has 1 saturated heterocycles. The van der Waals surface area contributed by atoms with Crippen molar-refractivity contribution in [1.29, 1.82) is 0 Å². The second kappa shape index (κ2) is 7.60. The molecule has 1 amide bonds. The molecule has 0 aromatic heterocycles. The minimum Gasteiger partial charge on any atom is -0.339 e. The Kier molecular flexibility index (Phi) is 5.54. The van der Waals surface area contributed by atoms with Gasteiger partial charge in [-0.1, -0.05) is 30.3 Å². The SMILES string of the molecule is CC(C)(C(=O)N1CCN(S(=O)(=O)c2cc(F)ccc2F)CC1)c1ccccc1. The van der Waals surface area contributed by atoms with Gasteiger partial charge in [0.25, 0.3) is 0 Å². The normalized spacial score (nSPS) is 16.2. The summed E-state index contributed by atoms with van der Waals surface area (Å²) in [5, 5.41) is 0. The van der Waals surface area contributed by atoms with Crippen molar-refractivity contribution < 1.29 is 22.0 Å². The van der Waals surface area contributed by atoms with Gasteiger partial charge >= 0.3 is 0 Å². The standard InChI is InChI=1S/C20H22F2N2O3S/c1-20(2,15-6-4-3-5-7-15)19(25)23-10-12-24(13-11-23)28(26,27)18-14-16(21)8-9-17(18)22/h3-9,14H,10-13H2,1-2H3. The fraction of sp³-hybridized carbons (Fsp3) is 0.350. The zero-order valence-corrected chi connectivity index (χ0v) is 16.5. The summed E-state index contributed by atoms with van der Waals surface area (Å²) in [5.74, 6) is -1.92. The zero-order valence-electron chi connectivity index (χ0n) is 15.7. The number of benzene rings is 2. The van der Waals surface area contributed by atoms with E-state index < -0.39 is 32.0 Å². The topological polar surface area (TPSA) is 57.7 Å². The van der Waals surface area contributed by atoms with Crippen LogP contribution in [0.25, 0.3) is 0 Å². The highest BCUT2D eigenvalue weighted by Gasteiger charge is 2.37.